The Balaban J connectivity index is 1.71. The first-order valence-electron chi connectivity index (χ1n) is 10.1. The zero-order chi connectivity index (χ0) is 19.4. The molecule has 1 aliphatic carbocycles. The number of carbonyl (C=O) groups is 1. The summed E-state index contributed by atoms with van der Waals surface area (Å²) >= 11 is 0. The lowest BCUT2D eigenvalue weighted by molar-refractivity contribution is -0.299. The highest BCUT2D eigenvalue weighted by Crippen LogP contribution is 2.43. The molecule has 1 aromatic carbocycles. The zero-order valence-corrected chi connectivity index (χ0v) is 16.8. The van der Waals surface area contributed by atoms with Gasteiger partial charge in [-0.2, -0.15) is 0 Å². The van der Waals surface area contributed by atoms with E-state index < -0.39 is 5.79 Å². The summed E-state index contributed by atoms with van der Waals surface area (Å²) in [6.07, 6.45) is 8.78. The minimum absolute atomic E-state index is 0.0418. The van der Waals surface area contributed by atoms with Crippen LogP contribution in [0.5, 0.6) is 0 Å². The number of benzene rings is 1. The van der Waals surface area contributed by atoms with Gasteiger partial charge in [-0.1, -0.05) is 56.0 Å². The van der Waals surface area contributed by atoms with Gasteiger partial charge in [0.1, 0.15) is 6.29 Å². The van der Waals surface area contributed by atoms with E-state index in [1.807, 2.05) is 13.8 Å². The number of carbonyl (C=O) groups excluding carboxylic acids is 1. The van der Waals surface area contributed by atoms with Gasteiger partial charge in [-0.25, -0.2) is 0 Å². The van der Waals surface area contributed by atoms with Gasteiger partial charge < -0.3 is 14.3 Å². The number of hydrogen-bond donors (Lipinski definition) is 0. The van der Waals surface area contributed by atoms with Crippen LogP contribution in [0.3, 0.4) is 0 Å². The third-order valence-corrected chi connectivity index (χ3v) is 5.88. The Kier molecular flexibility index (Phi) is 6.33. The molecule has 0 saturated carbocycles. The van der Waals surface area contributed by atoms with Gasteiger partial charge in [0.25, 0.3) is 0 Å². The predicted molar refractivity (Wildman–Crippen MR) is 108 cm³/mol. The van der Waals surface area contributed by atoms with Crippen molar-refractivity contribution in [2.45, 2.75) is 70.4 Å². The Morgan fingerprint density at radius 2 is 1.85 bits per heavy atom. The van der Waals surface area contributed by atoms with Crippen LogP contribution in [0.15, 0.2) is 54.6 Å². The highest BCUT2D eigenvalue weighted by Gasteiger charge is 2.37. The molecule has 1 heterocycles. The Bertz CT molecular complexity index is 676. The molecular formula is C24H32O3. The fourth-order valence-corrected chi connectivity index (χ4v) is 4.68. The van der Waals surface area contributed by atoms with Crippen molar-refractivity contribution >= 4 is 6.29 Å². The van der Waals surface area contributed by atoms with E-state index in [9.17, 15) is 4.79 Å². The molecule has 27 heavy (non-hydrogen) atoms. The molecule has 146 valence electrons. The number of hydrogen-bond acceptors (Lipinski definition) is 3. The maximum Gasteiger partial charge on any atom is 0.163 e. The molecule has 0 bridgehead atoms. The van der Waals surface area contributed by atoms with Crippen LogP contribution in [0.4, 0.5) is 0 Å². The predicted octanol–water partition coefficient (Wildman–Crippen LogP) is 5.43. The molecule has 0 spiro atoms. The van der Waals surface area contributed by atoms with Crippen LogP contribution in [0.2, 0.25) is 0 Å². The molecule has 3 nitrogen and oxygen atoms in total. The van der Waals surface area contributed by atoms with Gasteiger partial charge in [0.2, 0.25) is 0 Å². The summed E-state index contributed by atoms with van der Waals surface area (Å²) in [6, 6.07) is 10.7. The van der Waals surface area contributed by atoms with E-state index in [0.717, 1.165) is 25.5 Å². The van der Waals surface area contributed by atoms with Gasteiger partial charge in [-0.05, 0) is 49.7 Å². The summed E-state index contributed by atoms with van der Waals surface area (Å²) in [6.45, 7) is 10.5. The van der Waals surface area contributed by atoms with E-state index in [2.05, 4.69) is 56.0 Å². The monoisotopic (exact) mass is 368 g/mol. The highest BCUT2D eigenvalue weighted by molar-refractivity contribution is 5.50. The average molecular weight is 369 g/mol. The topological polar surface area (TPSA) is 35.5 Å². The van der Waals surface area contributed by atoms with E-state index in [0.29, 0.717) is 24.2 Å². The van der Waals surface area contributed by atoms with E-state index in [4.69, 9.17) is 9.47 Å². The summed E-state index contributed by atoms with van der Waals surface area (Å²) in [5.74, 6) is 0.727. The van der Waals surface area contributed by atoms with Crippen LogP contribution < -0.4 is 0 Å². The molecule has 0 N–H and O–H groups in total. The van der Waals surface area contributed by atoms with Crippen molar-refractivity contribution < 1.29 is 14.3 Å². The standard InChI is InChI=1S/C24H32O3/c1-17-10-11-18(2)23(19-8-6-5-7-9-19)22(17)13-12-20-16-21(14-15-25)27-24(3,4)26-20/h5-11,15,17,20-23H,2,12-14,16H2,1,3-4H3/t17-,20+,21-,22-,23+/m0/s1. The van der Waals surface area contributed by atoms with E-state index in [1.54, 1.807) is 0 Å². The van der Waals surface area contributed by atoms with Crippen LogP contribution in [-0.2, 0) is 14.3 Å². The van der Waals surface area contributed by atoms with Crippen molar-refractivity contribution in [3.8, 4) is 0 Å². The van der Waals surface area contributed by atoms with E-state index in [1.165, 1.54) is 11.1 Å². The summed E-state index contributed by atoms with van der Waals surface area (Å²) in [7, 11) is 0. The molecule has 0 amide bonds. The van der Waals surface area contributed by atoms with Crippen molar-refractivity contribution in [2.24, 2.45) is 11.8 Å². The molecule has 3 rings (SSSR count). The minimum atomic E-state index is -0.628. The van der Waals surface area contributed by atoms with Gasteiger partial charge in [-0.3, -0.25) is 0 Å². The molecule has 1 fully saturated rings. The second-order valence-electron chi connectivity index (χ2n) is 8.44. The van der Waals surface area contributed by atoms with Crippen LogP contribution >= 0.6 is 0 Å². The molecule has 0 radical (unpaired) electrons. The van der Waals surface area contributed by atoms with Gasteiger partial charge in [0.05, 0.1) is 12.2 Å². The largest absolute Gasteiger partial charge is 0.347 e. The van der Waals surface area contributed by atoms with Gasteiger partial charge >= 0.3 is 0 Å². The number of ether oxygens (including phenoxy) is 2. The maximum absolute atomic E-state index is 10.9. The van der Waals surface area contributed by atoms with Gasteiger partial charge in [0, 0.05) is 18.8 Å². The number of aldehydes is 1. The second kappa shape index (κ2) is 8.53. The van der Waals surface area contributed by atoms with Crippen molar-refractivity contribution in [3.05, 3.63) is 60.2 Å². The first-order chi connectivity index (χ1) is 12.9. The lowest BCUT2D eigenvalue weighted by atomic mass is 9.69. The lowest BCUT2D eigenvalue weighted by Gasteiger charge is -2.42. The Labute approximate surface area is 163 Å². The molecule has 2 aliphatic rings. The van der Waals surface area contributed by atoms with E-state index in [-0.39, 0.29) is 12.2 Å². The van der Waals surface area contributed by atoms with Crippen LogP contribution in [0.1, 0.15) is 57.9 Å². The molecule has 5 atom stereocenters. The zero-order valence-electron chi connectivity index (χ0n) is 16.8. The van der Waals surface area contributed by atoms with E-state index >= 15 is 0 Å². The summed E-state index contributed by atoms with van der Waals surface area (Å²) < 4.78 is 12.1. The van der Waals surface area contributed by atoms with Crippen molar-refractivity contribution in [1.82, 2.24) is 0 Å². The first-order valence-corrected chi connectivity index (χ1v) is 10.1. The molecule has 0 aromatic heterocycles. The maximum atomic E-state index is 10.9. The first kappa shape index (κ1) is 20.0. The van der Waals surface area contributed by atoms with Gasteiger partial charge in [-0.15, -0.1) is 0 Å². The molecule has 1 aromatic rings. The molecule has 3 heteroatoms. The summed E-state index contributed by atoms with van der Waals surface area (Å²) in [4.78, 5) is 10.9. The Hall–Kier alpha value is -1.71. The highest BCUT2D eigenvalue weighted by atomic mass is 16.7. The Morgan fingerprint density at radius 1 is 1.15 bits per heavy atom. The summed E-state index contributed by atoms with van der Waals surface area (Å²) in [5.41, 5.74) is 2.53. The van der Waals surface area contributed by atoms with Crippen LogP contribution in [0.25, 0.3) is 0 Å². The SMILES string of the molecule is C=C1C=C[C@H](C)[C@H](CC[C@@H]2C[C@H](CC=O)OC(C)(C)O2)[C@H]1c1ccccc1. The summed E-state index contributed by atoms with van der Waals surface area (Å²) in [5, 5.41) is 0. The lowest BCUT2D eigenvalue weighted by Crippen LogP contribution is -2.45. The number of rotatable bonds is 6. The fourth-order valence-electron chi connectivity index (χ4n) is 4.68. The molecule has 0 unspecified atom stereocenters. The molecule has 1 saturated heterocycles. The van der Waals surface area contributed by atoms with Crippen LogP contribution in [0, 0.1) is 11.8 Å². The quantitative estimate of drug-likeness (QED) is 0.628. The van der Waals surface area contributed by atoms with Gasteiger partial charge in [0.15, 0.2) is 5.79 Å². The number of allylic oxidation sites excluding steroid dienone is 3. The second-order valence-corrected chi connectivity index (χ2v) is 8.44. The molecule has 1 aliphatic heterocycles. The van der Waals surface area contributed by atoms with Crippen molar-refractivity contribution in [2.75, 3.05) is 0 Å². The van der Waals surface area contributed by atoms with Crippen molar-refractivity contribution in [3.63, 3.8) is 0 Å². The van der Waals surface area contributed by atoms with Crippen molar-refractivity contribution in [1.29, 1.82) is 0 Å². The molecular weight excluding hydrogens is 336 g/mol. The Morgan fingerprint density at radius 3 is 2.56 bits per heavy atom. The minimum Gasteiger partial charge on any atom is -0.347 e. The average Bonchev–Trinajstić information content (AvgIpc) is 2.62. The third kappa shape index (κ3) is 4.97. The fraction of sp³-hybridized carbons (Fsp3) is 0.542. The normalized spacial score (nSPS) is 33.0. The smallest absolute Gasteiger partial charge is 0.163 e. The van der Waals surface area contributed by atoms with Crippen LogP contribution in [-0.4, -0.2) is 24.3 Å². The third-order valence-electron chi connectivity index (χ3n) is 5.88.